The monoisotopic (exact) mass is 307 g/mol. The molecule has 0 unspecified atom stereocenters. The molecule has 4 nitrogen and oxygen atoms in total. The van der Waals surface area contributed by atoms with E-state index in [9.17, 15) is 0 Å². The molecule has 1 rings (SSSR count). The molecule has 0 aliphatic carbocycles. The van der Waals surface area contributed by atoms with Gasteiger partial charge in [-0.2, -0.15) is 0 Å². The van der Waals surface area contributed by atoms with E-state index >= 15 is 0 Å². The number of rotatable bonds is 5. The van der Waals surface area contributed by atoms with Crippen molar-refractivity contribution in [1.82, 2.24) is 10.3 Å². The van der Waals surface area contributed by atoms with E-state index in [1.54, 1.807) is 20.1 Å². The van der Waals surface area contributed by atoms with Crippen LogP contribution < -0.4 is 10.6 Å². The molecule has 0 aliphatic rings. The number of hydrogen-bond acceptors (Lipinski definition) is 3. The number of halogens is 2. The zero-order chi connectivity index (χ0) is 13.5. The van der Waals surface area contributed by atoms with Crippen molar-refractivity contribution in [3.8, 4) is 0 Å². The highest BCUT2D eigenvalue weighted by Gasteiger charge is 2.07. The molecule has 0 aliphatic heterocycles. The fraction of sp³-hybridized carbons (Fsp3) is 0.455. The number of nitrogens with zero attached hydrogens (tertiary/aromatic N) is 1. The summed E-state index contributed by atoms with van der Waals surface area (Å²) >= 11 is 17.0. The topological polar surface area (TPSA) is 46.2 Å². The first-order valence-electron chi connectivity index (χ1n) is 5.41. The number of methoxy groups -OCH3 is 1. The average molecular weight is 308 g/mol. The van der Waals surface area contributed by atoms with Gasteiger partial charge in [-0.15, -0.1) is 0 Å². The van der Waals surface area contributed by atoms with E-state index in [2.05, 4.69) is 15.6 Å². The number of aromatic nitrogens is 1. The van der Waals surface area contributed by atoms with Crippen LogP contribution in [0.3, 0.4) is 0 Å². The van der Waals surface area contributed by atoms with Gasteiger partial charge in [0.2, 0.25) is 0 Å². The van der Waals surface area contributed by atoms with Crippen molar-refractivity contribution in [1.29, 1.82) is 0 Å². The van der Waals surface area contributed by atoms with Crippen LogP contribution in [0.1, 0.15) is 12.1 Å². The van der Waals surface area contributed by atoms with Gasteiger partial charge in [0, 0.05) is 20.3 Å². The van der Waals surface area contributed by atoms with Crippen molar-refractivity contribution in [2.24, 2.45) is 0 Å². The number of nitrogens with one attached hydrogen (secondary N) is 2. The first-order chi connectivity index (χ1) is 8.54. The quantitative estimate of drug-likeness (QED) is 0.647. The van der Waals surface area contributed by atoms with E-state index in [0.717, 1.165) is 13.0 Å². The summed E-state index contributed by atoms with van der Waals surface area (Å²) in [5, 5.41) is 7.41. The normalized spacial score (nSPS) is 10.2. The molecule has 0 spiro atoms. The Kier molecular flexibility index (Phi) is 6.63. The Hall–Kier alpha value is -0.620. The third-order valence-corrected chi connectivity index (χ3v) is 3.06. The van der Waals surface area contributed by atoms with Gasteiger partial charge in [0.25, 0.3) is 0 Å². The van der Waals surface area contributed by atoms with Crippen LogP contribution in [0.2, 0.25) is 10.0 Å². The lowest BCUT2D eigenvalue weighted by Crippen LogP contribution is -2.30. The van der Waals surface area contributed by atoms with Crippen LogP contribution in [0.4, 0.5) is 5.82 Å². The minimum absolute atomic E-state index is 0.437. The van der Waals surface area contributed by atoms with Gasteiger partial charge >= 0.3 is 0 Å². The maximum atomic E-state index is 6.01. The molecule has 0 saturated heterocycles. The summed E-state index contributed by atoms with van der Waals surface area (Å²) < 4.78 is 4.94. The second-order valence-electron chi connectivity index (χ2n) is 3.61. The van der Waals surface area contributed by atoms with Crippen LogP contribution in [-0.4, -0.2) is 30.4 Å². The van der Waals surface area contributed by atoms with Gasteiger partial charge < -0.3 is 15.4 Å². The SMILES string of the molecule is COCCCNC(=S)Nc1nc(C)c(Cl)cc1Cl. The van der Waals surface area contributed by atoms with Crippen molar-refractivity contribution in [3.63, 3.8) is 0 Å². The molecular formula is C11H15Cl2N3OS. The lowest BCUT2D eigenvalue weighted by atomic mass is 10.3. The number of ether oxygens (including phenoxy) is 1. The Labute approximate surface area is 122 Å². The number of thiocarbonyl (C=S) groups is 1. The van der Waals surface area contributed by atoms with Gasteiger partial charge in [0.1, 0.15) is 0 Å². The molecule has 2 N–H and O–H groups in total. The molecule has 0 saturated carbocycles. The number of aryl methyl sites for hydroxylation is 1. The maximum Gasteiger partial charge on any atom is 0.171 e. The predicted octanol–water partition coefficient (Wildman–Crippen LogP) is 3.02. The van der Waals surface area contributed by atoms with Gasteiger partial charge in [-0.1, -0.05) is 23.2 Å². The number of hydrogen-bond donors (Lipinski definition) is 2. The van der Waals surface area contributed by atoms with Crippen molar-refractivity contribution in [2.45, 2.75) is 13.3 Å². The second kappa shape index (κ2) is 7.74. The van der Waals surface area contributed by atoms with Crippen LogP contribution in [0.5, 0.6) is 0 Å². The highest BCUT2D eigenvalue weighted by Crippen LogP contribution is 2.25. The molecule has 1 aromatic heterocycles. The standard InChI is InChI=1S/C11H15Cl2N3OS/c1-7-8(12)6-9(13)10(15-7)16-11(18)14-4-3-5-17-2/h6H,3-5H2,1-2H3,(H2,14,15,16,18). The molecule has 0 atom stereocenters. The zero-order valence-electron chi connectivity index (χ0n) is 10.2. The Morgan fingerprint density at radius 2 is 2.17 bits per heavy atom. The number of pyridine rings is 1. The fourth-order valence-electron chi connectivity index (χ4n) is 1.22. The number of anilines is 1. The van der Waals surface area contributed by atoms with Gasteiger partial charge in [0.15, 0.2) is 10.9 Å². The predicted molar refractivity (Wildman–Crippen MR) is 79.7 cm³/mol. The Morgan fingerprint density at radius 3 is 2.83 bits per heavy atom. The average Bonchev–Trinajstić information content (AvgIpc) is 2.32. The maximum absolute atomic E-state index is 6.01. The molecule has 100 valence electrons. The van der Waals surface area contributed by atoms with Crippen LogP contribution in [0.25, 0.3) is 0 Å². The molecule has 18 heavy (non-hydrogen) atoms. The Morgan fingerprint density at radius 1 is 1.44 bits per heavy atom. The lowest BCUT2D eigenvalue weighted by Gasteiger charge is -2.11. The van der Waals surface area contributed by atoms with Crippen LogP contribution in [0.15, 0.2) is 6.07 Å². The molecule has 7 heteroatoms. The van der Waals surface area contributed by atoms with Gasteiger partial charge in [0.05, 0.1) is 15.7 Å². The highest BCUT2D eigenvalue weighted by molar-refractivity contribution is 7.80. The largest absolute Gasteiger partial charge is 0.385 e. The van der Waals surface area contributed by atoms with Crippen LogP contribution in [-0.2, 0) is 4.74 Å². The third-order valence-electron chi connectivity index (χ3n) is 2.15. The van der Waals surface area contributed by atoms with Gasteiger partial charge in [-0.3, -0.25) is 0 Å². The summed E-state index contributed by atoms with van der Waals surface area (Å²) in [4.78, 5) is 4.23. The first-order valence-corrected chi connectivity index (χ1v) is 6.57. The van der Waals surface area contributed by atoms with Crippen LogP contribution >= 0.6 is 35.4 Å². The van der Waals surface area contributed by atoms with Gasteiger partial charge in [-0.05, 0) is 31.6 Å². The van der Waals surface area contributed by atoms with E-state index in [4.69, 9.17) is 40.2 Å². The Bertz CT molecular complexity index is 429. The van der Waals surface area contributed by atoms with E-state index in [1.807, 2.05) is 0 Å². The van der Waals surface area contributed by atoms with Crippen molar-refractivity contribution in [3.05, 3.63) is 21.8 Å². The minimum atomic E-state index is 0.437. The second-order valence-corrected chi connectivity index (χ2v) is 4.84. The molecular weight excluding hydrogens is 293 g/mol. The molecule has 0 amide bonds. The molecule has 0 fully saturated rings. The molecule has 1 heterocycles. The first kappa shape index (κ1) is 15.4. The highest BCUT2D eigenvalue weighted by atomic mass is 35.5. The zero-order valence-corrected chi connectivity index (χ0v) is 12.5. The molecule has 0 aromatic carbocycles. The van der Waals surface area contributed by atoms with Crippen LogP contribution in [0, 0.1) is 6.92 Å². The van der Waals surface area contributed by atoms with E-state index in [-0.39, 0.29) is 0 Å². The minimum Gasteiger partial charge on any atom is -0.385 e. The summed E-state index contributed by atoms with van der Waals surface area (Å²) in [5.41, 5.74) is 0.700. The smallest absolute Gasteiger partial charge is 0.171 e. The summed E-state index contributed by atoms with van der Waals surface area (Å²) in [7, 11) is 1.66. The van der Waals surface area contributed by atoms with Crippen molar-refractivity contribution < 1.29 is 4.74 Å². The summed E-state index contributed by atoms with van der Waals surface area (Å²) in [6.45, 7) is 3.22. The molecule has 1 aromatic rings. The summed E-state index contributed by atoms with van der Waals surface area (Å²) in [6, 6.07) is 1.64. The summed E-state index contributed by atoms with van der Waals surface area (Å²) in [5.74, 6) is 0.503. The molecule has 0 bridgehead atoms. The van der Waals surface area contributed by atoms with E-state index in [1.165, 1.54) is 0 Å². The van der Waals surface area contributed by atoms with Gasteiger partial charge in [-0.25, -0.2) is 4.98 Å². The van der Waals surface area contributed by atoms with E-state index in [0.29, 0.717) is 33.3 Å². The van der Waals surface area contributed by atoms with E-state index < -0.39 is 0 Å². The lowest BCUT2D eigenvalue weighted by molar-refractivity contribution is 0.196. The Balaban J connectivity index is 2.51. The third kappa shape index (κ3) is 4.94. The summed E-state index contributed by atoms with van der Waals surface area (Å²) in [6.07, 6.45) is 0.874. The fourth-order valence-corrected chi connectivity index (χ4v) is 1.82. The van der Waals surface area contributed by atoms with Crippen molar-refractivity contribution >= 4 is 46.4 Å². The molecule has 0 radical (unpaired) electrons. The van der Waals surface area contributed by atoms with Crippen molar-refractivity contribution in [2.75, 3.05) is 25.6 Å².